The summed E-state index contributed by atoms with van der Waals surface area (Å²) in [4.78, 5) is 21.4. The van der Waals surface area contributed by atoms with Gasteiger partial charge >= 0.3 is 0 Å². The van der Waals surface area contributed by atoms with Crippen LogP contribution in [0.3, 0.4) is 0 Å². The first-order chi connectivity index (χ1) is 15.2. The normalized spacial score (nSPS) is 12.6. The molecule has 0 unspecified atom stereocenters. The van der Waals surface area contributed by atoms with Crippen LogP contribution in [-0.4, -0.2) is 29.2 Å². The highest BCUT2D eigenvalue weighted by Gasteiger charge is 2.21. The van der Waals surface area contributed by atoms with Crippen LogP contribution < -0.4 is 16.6 Å². The van der Waals surface area contributed by atoms with Crippen LogP contribution in [0.25, 0.3) is 16.5 Å². The average Bonchev–Trinajstić information content (AvgIpc) is 2.73. The number of aryl methyl sites for hydroxylation is 1. The van der Waals surface area contributed by atoms with Gasteiger partial charge in [-0.1, -0.05) is 36.4 Å². The van der Waals surface area contributed by atoms with Crippen molar-refractivity contribution < 1.29 is 8.42 Å². The van der Waals surface area contributed by atoms with Gasteiger partial charge in [-0.2, -0.15) is 4.98 Å². The summed E-state index contributed by atoms with van der Waals surface area (Å²) in [6, 6.07) is 16.4. The van der Waals surface area contributed by atoms with Crippen molar-refractivity contribution in [3.05, 3.63) is 82.4 Å². The molecular weight excluding hydrogens is 426 g/mol. The number of nitrogens with zero attached hydrogens (tertiary/aromatic N) is 3. The van der Waals surface area contributed by atoms with Gasteiger partial charge in [0.25, 0.3) is 5.56 Å². The van der Waals surface area contributed by atoms with Gasteiger partial charge in [0.2, 0.25) is 5.95 Å². The van der Waals surface area contributed by atoms with Gasteiger partial charge in [0.15, 0.2) is 15.7 Å². The number of fused-ring (bicyclic) bond motifs is 1. The highest BCUT2D eigenvalue weighted by atomic mass is 32.2. The van der Waals surface area contributed by atoms with Gasteiger partial charge in [-0.25, -0.2) is 13.4 Å². The molecule has 3 N–H and O–H groups in total. The third-order valence-electron chi connectivity index (χ3n) is 5.27. The highest BCUT2D eigenvalue weighted by molar-refractivity contribution is 7.90. The summed E-state index contributed by atoms with van der Waals surface area (Å²) in [6.45, 7) is 3.74. The first-order valence-corrected chi connectivity index (χ1v) is 11.9. The molecule has 4 aromatic rings. The van der Waals surface area contributed by atoms with Crippen LogP contribution in [0.4, 0.5) is 11.8 Å². The summed E-state index contributed by atoms with van der Waals surface area (Å²) >= 11 is 0. The molecule has 0 bridgehead atoms. The Balaban J connectivity index is 1.94. The Morgan fingerprint density at radius 1 is 1.09 bits per heavy atom. The zero-order valence-corrected chi connectivity index (χ0v) is 18.7. The lowest BCUT2D eigenvalue weighted by atomic mass is 10.0. The Morgan fingerprint density at radius 2 is 1.81 bits per heavy atom. The minimum atomic E-state index is -3.60. The molecule has 0 radical (unpaired) electrons. The van der Waals surface area contributed by atoms with Crippen molar-refractivity contribution >= 4 is 32.4 Å². The smallest absolute Gasteiger partial charge is 0.263 e. The van der Waals surface area contributed by atoms with Crippen LogP contribution in [0.2, 0.25) is 0 Å². The van der Waals surface area contributed by atoms with E-state index in [0.717, 1.165) is 17.2 Å². The molecule has 0 spiro atoms. The fourth-order valence-corrected chi connectivity index (χ4v) is 4.46. The molecule has 0 aliphatic carbocycles. The lowest BCUT2D eigenvalue weighted by molar-refractivity contribution is 0.601. The SMILES string of the molecule is Cc1cccc2cc([C@H](C)Nc3nc(N)ncc3S(C)(=O)=O)n(-c3ccccc3)c(=O)c12. The molecule has 32 heavy (non-hydrogen) atoms. The number of hydrogen-bond donors (Lipinski definition) is 2. The molecule has 164 valence electrons. The Bertz CT molecular complexity index is 1480. The third kappa shape index (κ3) is 3.94. The van der Waals surface area contributed by atoms with E-state index < -0.39 is 15.9 Å². The second-order valence-corrected chi connectivity index (χ2v) is 9.65. The standard InChI is InChI=1S/C23H23N5O3S/c1-14-8-7-9-16-12-18(28(22(29)20(14)16)17-10-5-4-6-11-17)15(2)26-21-19(32(3,30)31)13-25-23(24)27-21/h4-13,15H,1-3H3,(H3,24,25,26,27)/t15-/m0/s1. The van der Waals surface area contributed by atoms with Gasteiger partial charge in [0.1, 0.15) is 4.90 Å². The quantitative estimate of drug-likeness (QED) is 0.480. The maximum atomic E-state index is 13.6. The minimum absolute atomic E-state index is 0.0540. The van der Waals surface area contributed by atoms with Crippen molar-refractivity contribution in [2.45, 2.75) is 24.8 Å². The molecule has 4 rings (SSSR count). The maximum absolute atomic E-state index is 13.6. The largest absolute Gasteiger partial charge is 0.368 e. The van der Waals surface area contributed by atoms with E-state index in [0.29, 0.717) is 16.8 Å². The number of hydrogen-bond acceptors (Lipinski definition) is 7. The van der Waals surface area contributed by atoms with E-state index in [9.17, 15) is 13.2 Å². The van der Waals surface area contributed by atoms with Crippen molar-refractivity contribution in [2.75, 3.05) is 17.3 Å². The summed E-state index contributed by atoms with van der Waals surface area (Å²) in [5.41, 5.74) is 7.79. The number of nitrogens with two attached hydrogens (primary N) is 1. The van der Waals surface area contributed by atoms with Crippen LogP contribution in [0.5, 0.6) is 0 Å². The summed E-state index contributed by atoms with van der Waals surface area (Å²) in [5.74, 6) is 0.0329. The first kappa shape index (κ1) is 21.5. The van der Waals surface area contributed by atoms with E-state index in [1.807, 2.05) is 68.4 Å². The predicted octanol–water partition coefficient (Wildman–Crippen LogP) is 3.25. The van der Waals surface area contributed by atoms with E-state index in [2.05, 4.69) is 15.3 Å². The molecule has 8 nitrogen and oxygen atoms in total. The van der Waals surface area contributed by atoms with Crippen molar-refractivity contribution in [2.24, 2.45) is 0 Å². The minimum Gasteiger partial charge on any atom is -0.368 e. The molecular formula is C23H23N5O3S. The van der Waals surface area contributed by atoms with Crippen LogP contribution in [0.1, 0.15) is 24.2 Å². The molecule has 1 atom stereocenters. The number of benzene rings is 2. The van der Waals surface area contributed by atoms with Crippen molar-refractivity contribution in [1.29, 1.82) is 0 Å². The zero-order valence-electron chi connectivity index (χ0n) is 17.9. The van der Waals surface area contributed by atoms with E-state index in [1.54, 1.807) is 4.57 Å². The van der Waals surface area contributed by atoms with Gasteiger partial charge in [-0.15, -0.1) is 0 Å². The van der Waals surface area contributed by atoms with Crippen LogP contribution in [-0.2, 0) is 9.84 Å². The zero-order chi connectivity index (χ0) is 23.0. The van der Waals surface area contributed by atoms with E-state index in [-0.39, 0.29) is 22.2 Å². The number of nitrogens with one attached hydrogen (secondary N) is 1. The number of sulfone groups is 1. The maximum Gasteiger partial charge on any atom is 0.263 e. The fourth-order valence-electron chi connectivity index (χ4n) is 3.76. The second-order valence-electron chi connectivity index (χ2n) is 7.66. The Labute approximate surface area is 185 Å². The Morgan fingerprint density at radius 3 is 2.50 bits per heavy atom. The van der Waals surface area contributed by atoms with Crippen LogP contribution in [0.15, 0.2) is 70.5 Å². The lowest BCUT2D eigenvalue weighted by Crippen LogP contribution is -2.26. The molecule has 0 fully saturated rings. The Kier molecular flexibility index (Phi) is 5.43. The molecule has 0 saturated heterocycles. The van der Waals surface area contributed by atoms with Crippen molar-refractivity contribution in [1.82, 2.24) is 14.5 Å². The van der Waals surface area contributed by atoms with Gasteiger partial charge in [0.05, 0.1) is 17.6 Å². The molecule has 2 aromatic carbocycles. The van der Waals surface area contributed by atoms with Crippen molar-refractivity contribution in [3.63, 3.8) is 0 Å². The molecule has 0 aliphatic heterocycles. The molecule has 2 aromatic heterocycles. The molecule has 0 saturated carbocycles. The lowest BCUT2D eigenvalue weighted by Gasteiger charge is -2.22. The number of nitrogen functional groups attached to an aromatic ring is 1. The summed E-state index contributed by atoms with van der Waals surface area (Å²) in [7, 11) is -3.60. The summed E-state index contributed by atoms with van der Waals surface area (Å²) in [6.07, 6.45) is 2.26. The second kappa shape index (κ2) is 8.08. The number of anilines is 2. The molecule has 0 aliphatic rings. The summed E-state index contributed by atoms with van der Waals surface area (Å²) in [5, 5.41) is 4.56. The number of aromatic nitrogens is 3. The van der Waals surface area contributed by atoms with Crippen LogP contribution >= 0.6 is 0 Å². The van der Waals surface area contributed by atoms with Crippen molar-refractivity contribution in [3.8, 4) is 5.69 Å². The molecule has 2 heterocycles. The van der Waals surface area contributed by atoms with Gasteiger partial charge in [-0.3, -0.25) is 9.36 Å². The van der Waals surface area contributed by atoms with Crippen LogP contribution in [0, 0.1) is 6.92 Å². The van der Waals surface area contributed by atoms with Gasteiger partial charge in [0, 0.05) is 17.6 Å². The summed E-state index contributed by atoms with van der Waals surface area (Å²) < 4.78 is 26.1. The average molecular weight is 450 g/mol. The predicted molar refractivity (Wildman–Crippen MR) is 126 cm³/mol. The number of para-hydroxylation sites is 1. The van der Waals surface area contributed by atoms with E-state index in [1.165, 1.54) is 6.20 Å². The van der Waals surface area contributed by atoms with Gasteiger partial charge < -0.3 is 11.1 Å². The fraction of sp³-hybridized carbons (Fsp3) is 0.174. The van der Waals surface area contributed by atoms with E-state index in [4.69, 9.17) is 5.73 Å². The first-order valence-electron chi connectivity index (χ1n) is 9.96. The molecule has 9 heteroatoms. The number of pyridine rings is 1. The monoisotopic (exact) mass is 449 g/mol. The number of rotatable bonds is 5. The van der Waals surface area contributed by atoms with E-state index >= 15 is 0 Å². The topological polar surface area (TPSA) is 120 Å². The highest BCUT2D eigenvalue weighted by Crippen LogP contribution is 2.27. The Hall–Kier alpha value is -3.72. The molecule has 0 amide bonds. The van der Waals surface area contributed by atoms with Gasteiger partial charge in [-0.05, 0) is 43.0 Å². The third-order valence-corrected chi connectivity index (χ3v) is 6.37.